The van der Waals surface area contributed by atoms with Crippen molar-refractivity contribution in [2.24, 2.45) is 5.92 Å². The summed E-state index contributed by atoms with van der Waals surface area (Å²) in [5, 5.41) is 6.40. The van der Waals surface area contributed by atoms with Crippen LogP contribution in [0.4, 0.5) is 5.13 Å². The summed E-state index contributed by atoms with van der Waals surface area (Å²) in [5.41, 5.74) is 0.792. The van der Waals surface area contributed by atoms with Gasteiger partial charge < -0.3 is 15.0 Å². The summed E-state index contributed by atoms with van der Waals surface area (Å²) < 4.78 is 4.65. The first-order valence-electron chi connectivity index (χ1n) is 6.74. The van der Waals surface area contributed by atoms with Gasteiger partial charge in [-0.2, -0.15) is 0 Å². The number of ether oxygens (including phenoxy) is 1. The van der Waals surface area contributed by atoms with Crippen molar-refractivity contribution in [3.63, 3.8) is 0 Å². The molecule has 4 heterocycles. The second-order valence-corrected chi connectivity index (χ2v) is 6.14. The molecule has 1 atom stereocenters. The summed E-state index contributed by atoms with van der Waals surface area (Å²) in [6.45, 7) is 3.61. The molecule has 2 bridgehead atoms. The van der Waals surface area contributed by atoms with E-state index in [1.807, 2.05) is 5.38 Å². The number of hydrogen-bond acceptors (Lipinski definition) is 6. The highest BCUT2D eigenvalue weighted by Crippen LogP contribution is 2.30. The average molecular weight is 281 g/mol. The Bertz CT molecular complexity index is 454. The fourth-order valence-electron chi connectivity index (χ4n) is 2.96. The van der Waals surface area contributed by atoms with Crippen molar-refractivity contribution in [3.8, 4) is 0 Å². The number of rotatable bonds is 4. The van der Waals surface area contributed by atoms with Gasteiger partial charge in [-0.05, 0) is 31.8 Å². The van der Waals surface area contributed by atoms with E-state index in [0.29, 0.717) is 6.04 Å². The van der Waals surface area contributed by atoms with E-state index in [0.717, 1.165) is 23.3 Å². The van der Waals surface area contributed by atoms with Crippen LogP contribution in [0.1, 0.15) is 18.5 Å². The Hall–Kier alpha value is -1.14. The molecule has 0 saturated carbocycles. The maximum Gasteiger partial charge on any atom is 0.311 e. The molecule has 1 unspecified atom stereocenters. The molecule has 4 rings (SSSR count). The zero-order valence-corrected chi connectivity index (χ0v) is 11.9. The number of nitrogens with zero attached hydrogens (tertiary/aromatic N) is 2. The Morgan fingerprint density at radius 2 is 2.37 bits per heavy atom. The molecule has 3 fully saturated rings. The standard InChI is InChI=1S/C13H19N3O2S/c1-18-12(17)6-10-8-19-13(14-10)15-11-7-16-4-2-9(11)3-5-16/h8-9,11H,2-7H2,1H3,(H,14,15). The van der Waals surface area contributed by atoms with Crippen LogP contribution >= 0.6 is 11.3 Å². The number of fused-ring (bicyclic) bond motifs is 3. The van der Waals surface area contributed by atoms with Crippen LogP contribution in [0.25, 0.3) is 0 Å². The van der Waals surface area contributed by atoms with Crippen molar-refractivity contribution >= 4 is 22.4 Å². The Morgan fingerprint density at radius 3 is 3.00 bits per heavy atom. The van der Waals surface area contributed by atoms with Gasteiger partial charge in [-0.25, -0.2) is 4.98 Å². The zero-order valence-electron chi connectivity index (χ0n) is 11.1. The molecular weight excluding hydrogens is 262 g/mol. The number of piperidine rings is 3. The van der Waals surface area contributed by atoms with Gasteiger partial charge in [0.1, 0.15) is 0 Å². The second-order valence-electron chi connectivity index (χ2n) is 5.29. The molecule has 3 aliphatic heterocycles. The molecule has 3 saturated heterocycles. The molecule has 1 N–H and O–H groups in total. The van der Waals surface area contributed by atoms with Crippen molar-refractivity contribution in [2.45, 2.75) is 25.3 Å². The van der Waals surface area contributed by atoms with Crippen LogP contribution in [0.5, 0.6) is 0 Å². The monoisotopic (exact) mass is 281 g/mol. The van der Waals surface area contributed by atoms with Gasteiger partial charge in [0.15, 0.2) is 5.13 Å². The third-order valence-electron chi connectivity index (χ3n) is 4.07. The number of hydrogen-bond donors (Lipinski definition) is 1. The lowest BCUT2D eigenvalue weighted by Crippen LogP contribution is -2.53. The quantitative estimate of drug-likeness (QED) is 0.845. The molecule has 3 aliphatic rings. The summed E-state index contributed by atoms with van der Waals surface area (Å²) in [6, 6.07) is 0.514. The van der Waals surface area contributed by atoms with Crippen LogP contribution in [0.3, 0.4) is 0 Å². The number of nitrogens with one attached hydrogen (secondary N) is 1. The maximum absolute atomic E-state index is 11.2. The van der Waals surface area contributed by atoms with Crippen molar-refractivity contribution < 1.29 is 9.53 Å². The lowest BCUT2D eigenvalue weighted by atomic mass is 9.84. The van der Waals surface area contributed by atoms with E-state index in [-0.39, 0.29) is 12.4 Å². The third-order valence-corrected chi connectivity index (χ3v) is 4.89. The van der Waals surface area contributed by atoms with Crippen molar-refractivity contribution in [1.29, 1.82) is 0 Å². The maximum atomic E-state index is 11.2. The number of methoxy groups -OCH3 is 1. The van der Waals surface area contributed by atoms with E-state index in [4.69, 9.17) is 0 Å². The average Bonchev–Trinajstić information content (AvgIpc) is 2.87. The Labute approximate surface area is 117 Å². The van der Waals surface area contributed by atoms with E-state index in [1.165, 1.54) is 33.0 Å². The number of carbonyl (C=O) groups is 1. The van der Waals surface area contributed by atoms with E-state index in [9.17, 15) is 4.79 Å². The first-order valence-corrected chi connectivity index (χ1v) is 7.62. The highest BCUT2D eigenvalue weighted by molar-refractivity contribution is 7.13. The molecular formula is C13H19N3O2S. The van der Waals surface area contributed by atoms with E-state index in [1.54, 1.807) is 11.3 Å². The smallest absolute Gasteiger partial charge is 0.311 e. The zero-order chi connectivity index (χ0) is 13.2. The van der Waals surface area contributed by atoms with Crippen molar-refractivity contribution in [2.75, 3.05) is 32.1 Å². The molecule has 19 heavy (non-hydrogen) atoms. The minimum Gasteiger partial charge on any atom is -0.469 e. The summed E-state index contributed by atoms with van der Waals surface area (Å²) in [7, 11) is 1.40. The van der Waals surface area contributed by atoms with E-state index >= 15 is 0 Å². The number of carbonyl (C=O) groups excluding carboxylic acids is 1. The Morgan fingerprint density at radius 1 is 1.58 bits per heavy atom. The second kappa shape index (κ2) is 5.46. The summed E-state index contributed by atoms with van der Waals surface area (Å²) in [5.74, 6) is 0.539. The highest BCUT2D eigenvalue weighted by atomic mass is 32.1. The fraction of sp³-hybridized carbons (Fsp3) is 0.692. The fourth-order valence-corrected chi connectivity index (χ4v) is 3.73. The first kappa shape index (κ1) is 12.9. The molecule has 0 amide bonds. The summed E-state index contributed by atoms with van der Waals surface area (Å²) in [6.07, 6.45) is 2.84. The van der Waals surface area contributed by atoms with Gasteiger partial charge in [-0.1, -0.05) is 0 Å². The predicted molar refractivity (Wildman–Crippen MR) is 74.4 cm³/mol. The van der Waals surface area contributed by atoms with Crippen LogP contribution in [0, 0.1) is 5.92 Å². The number of anilines is 1. The first-order chi connectivity index (χ1) is 9.24. The molecule has 0 radical (unpaired) electrons. The van der Waals surface area contributed by atoms with Crippen LogP contribution in [0.15, 0.2) is 5.38 Å². The molecule has 0 spiro atoms. The Kier molecular flexibility index (Phi) is 3.70. The topological polar surface area (TPSA) is 54.5 Å². The Balaban J connectivity index is 1.59. The number of esters is 1. The van der Waals surface area contributed by atoms with Crippen LogP contribution in [-0.4, -0.2) is 48.6 Å². The molecule has 1 aromatic heterocycles. The molecule has 5 nitrogen and oxygen atoms in total. The van der Waals surface area contributed by atoms with Crippen molar-refractivity contribution in [3.05, 3.63) is 11.1 Å². The van der Waals surface area contributed by atoms with Crippen LogP contribution in [-0.2, 0) is 16.0 Å². The summed E-state index contributed by atoms with van der Waals surface area (Å²) in [4.78, 5) is 18.2. The van der Waals surface area contributed by atoms with Crippen LogP contribution in [0.2, 0.25) is 0 Å². The molecule has 104 valence electrons. The van der Waals surface area contributed by atoms with Crippen LogP contribution < -0.4 is 5.32 Å². The van der Waals surface area contributed by atoms with E-state index < -0.39 is 0 Å². The normalized spacial score (nSPS) is 29.2. The van der Waals surface area contributed by atoms with Gasteiger partial charge in [0.2, 0.25) is 0 Å². The lowest BCUT2D eigenvalue weighted by molar-refractivity contribution is -0.139. The summed E-state index contributed by atoms with van der Waals surface area (Å²) >= 11 is 1.57. The van der Waals surface area contributed by atoms with Gasteiger partial charge in [0, 0.05) is 18.0 Å². The predicted octanol–water partition coefficient (Wildman–Crippen LogP) is 1.36. The minimum atomic E-state index is -0.236. The third kappa shape index (κ3) is 2.90. The van der Waals surface area contributed by atoms with Crippen molar-refractivity contribution in [1.82, 2.24) is 9.88 Å². The molecule has 6 heteroatoms. The van der Waals surface area contributed by atoms with Gasteiger partial charge in [-0.3, -0.25) is 4.79 Å². The lowest BCUT2D eigenvalue weighted by Gasteiger charge is -2.44. The largest absolute Gasteiger partial charge is 0.469 e. The molecule has 0 aromatic carbocycles. The molecule has 1 aromatic rings. The SMILES string of the molecule is COC(=O)Cc1csc(NC2CN3CCC2CC3)n1. The van der Waals surface area contributed by atoms with Gasteiger partial charge in [-0.15, -0.1) is 11.3 Å². The highest BCUT2D eigenvalue weighted by Gasteiger charge is 2.34. The minimum absolute atomic E-state index is 0.236. The molecule has 0 aliphatic carbocycles. The number of aromatic nitrogens is 1. The van der Waals surface area contributed by atoms with Gasteiger partial charge in [0.25, 0.3) is 0 Å². The van der Waals surface area contributed by atoms with Gasteiger partial charge in [0.05, 0.1) is 19.2 Å². The number of thiazole rings is 1. The van der Waals surface area contributed by atoms with Gasteiger partial charge >= 0.3 is 5.97 Å². The van der Waals surface area contributed by atoms with E-state index in [2.05, 4.69) is 19.9 Å².